The molecule has 0 saturated heterocycles. The van der Waals surface area contributed by atoms with Gasteiger partial charge in [0.15, 0.2) is 17.4 Å². The summed E-state index contributed by atoms with van der Waals surface area (Å²) in [5.74, 6) is -4.70. The van der Waals surface area contributed by atoms with E-state index in [0.29, 0.717) is 5.69 Å². The summed E-state index contributed by atoms with van der Waals surface area (Å²) in [4.78, 5) is 26.4. The normalized spacial score (nSPS) is 17.4. The minimum atomic E-state index is -4.49. The molecule has 1 N–H and O–H groups in total. The molecule has 0 aliphatic carbocycles. The number of nitrogens with zero attached hydrogens (tertiary/aromatic N) is 3. The minimum Gasteiger partial charge on any atom is -0.314 e. The number of Topliss-reactive ketones (excluding diaryl/α,β-unsaturated/α-hetero) is 1. The average Bonchev–Trinajstić information content (AvgIpc) is 3.05. The number of rotatable bonds is 4. The monoisotopic (exact) mass is 430 g/mol. The summed E-state index contributed by atoms with van der Waals surface area (Å²) in [5, 5.41) is 6.51. The van der Waals surface area contributed by atoms with Crippen LogP contribution < -0.4 is 5.32 Å². The molecule has 0 fully saturated rings. The number of anilines is 1. The second-order valence-corrected chi connectivity index (χ2v) is 7.29. The summed E-state index contributed by atoms with van der Waals surface area (Å²) >= 11 is 0. The molecule has 1 aliphatic heterocycles. The molecule has 2 aromatic rings. The number of urea groups is 1. The lowest BCUT2D eigenvalue weighted by Gasteiger charge is -2.34. The maximum atomic E-state index is 13.4. The van der Waals surface area contributed by atoms with Gasteiger partial charge in [0.05, 0.1) is 42.5 Å². The van der Waals surface area contributed by atoms with E-state index in [-0.39, 0.29) is 30.4 Å². The van der Waals surface area contributed by atoms with Crippen molar-refractivity contribution in [3.8, 4) is 0 Å². The fourth-order valence-electron chi connectivity index (χ4n) is 3.18. The molecule has 2 heterocycles. The quantitative estimate of drug-likeness (QED) is 0.579. The molecular weight excluding hydrogens is 411 g/mol. The van der Waals surface area contributed by atoms with E-state index >= 15 is 0 Å². The fourth-order valence-corrected chi connectivity index (χ4v) is 3.18. The van der Waals surface area contributed by atoms with E-state index in [1.165, 1.54) is 21.8 Å². The Hall–Kier alpha value is -2.98. The van der Waals surface area contributed by atoms with Gasteiger partial charge in [-0.1, -0.05) is 6.92 Å². The molecule has 0 spiro atoms. The molecule has 162 valence electrons. The number of benzene rings is 1. The lowest BCUT2D eigenvalue weighted by atomic mass is 9.99. The van der Waals surface area contributed by atoms with Gasteiger partial charge in [-0.3, -0.25) is 9.48 Å². The topological polar surface area (TPSA) is 67.2 Å². The van der Waals surface area contributed by atoms with E-state index in [1.807, 2.05) is 0 Å². The van der Waals surface area contributed by atoms with E-state index in [1.54, 1.807) is 6.92 Å². The number of halogens is 5. The molecule has 0 radical (unpaired) electrons. The second kappa shape index (κ2) is 8.04. The Morgan fingerprint density at radius 3 is 2.60 bits per heavy atom. The number of carbonyl (C=O) groups is 2. The first-order chi connectivity index (χ1) is 14.0. The number of fused-ring (bicyclic) bond motifs is 1. The van der Waals surface area contributed by atoms with E-state index in [4.69, 9.17) is 0 Å². The van der Waals surface area contributed by atoms with Crippen LogP contribution in [-0.2, 0) is 13.1 Å². The summed E-state index contributed by atoms with van der Waals surface area (Å²) in [6, 6.07) is 1.92. The number of ketones is 1. The number of alkyl halides is 3. The van der Waals surface area contributed by atoms with Gasteiger partial charge in [-0.15, -0.1) is 0 Å². The Bertz CT molecular complexity index is 972. The molecule has 30 heavy (non-hydrogen) atoms. The van der Waals surface area contributed by atoms with Crippen LogP contribution in [0.15, 0.2) is 24.4 Å². The maximum absolute atomic E-state index is 13.4. The van der Waals surface area contributed by atoms with Crippen molar-refractivity contribution < 1.29 is 31.5 Å². The first-order valence-corrected chi connectivity index (χ1v) is 9.14. The van der Waals surface area contributed by atoms with Crippen LogP contribution in [0.1, 0.15) is 36.3 Å². The molecule has 0 saturated carbocycles. The Labute approximate surface area is 168 Å². The largest absolute Gasteiger partial charge is 0.391 e. The van der Waals surface area contributed by atoms with Crippen LogP contribution in [0.25, 0.3) is 0 Å². The van der Waals surface area contributed by atoms with E-state index < -0.39 is 42.0 Å². The standard InChI is InChI=1S/C19H19F5N4O2/c1-10(19(22,23)24)5-17(29)13-7-25-28-8-11(2)27(9-16(13)28)18(30)26-12-3-4-14(20)15(21)6-12/h3-4,6-7,10-11H,5,8-9H2,1-2H3,(H,26,30)/t10-,11+/m0/s1. The minimum absolute atomic E-state index is 0.0311. The van der Waals surface area contributed by atoms with E-state index in [2.05, 4.69) is 10.4 Å². The van der Waals surface area contributed by atoms with Gasteiger partial charge in [0, 0.05) is 18.2 Å². The summed E-state index contributed by atoms with van der Waals surface area (Å²) in [6.07, 6.45) is -4.00. The van der Waals surface area contributed by atoms with Gasteiger partial charge < -0.3 is 10.2 Å². The lowest BCUT2D eigenvalue weighted by molar-refractivity contribution is -0.168. The molecular formula is C19H19F5N4O2. The predicted octanol–water partition coefficient (Wildman–Crippen LogP) is 4.37. The Balaban J connectivity index is 1.77. The zero-order valence-corrected chi connectivity index (χ0v) is 16.1. The number of amides is 2. The maximum Gasteiger partial charge on any atom is 0.391 e. The number of nitrogens with one attached hydrogen (secondary N) is 1. The first kappa shape index (κ1) is 21.7. The third kappa shape index (κ3) is 4.44. The molecule has 1 aromatic carbocycles. The Morgan fingerprint density at radius 2 is 1.97 bits per heavy atom. The van der Waals surface area contributed by atoms with Crippen LogP contribution in [0.2, 0.25) is 0 Å². The molecule has 3 rings (SSSR count). The van der Waals surface area contributed by atoms with Gasteiger partial charge in [0.25, 0.3) is 0 Å². The van der Waals surface area contributed by atoms with Gasteiger partial charge in [0.2, 0.25) is 0 Å². The number of hydrogen-bond donors (Lipinski definition) is 1. The summed E-state index contributed by atoms with van der Waals surface area (Å²) in [5.41, 5.74) is 0.400. The van der Waals surface area contributed by atoms with Crippen LogP contribution >= 0.6 is 0 Å². The van der Waals surface area contributed by atoms with Crippen molar-refractivity contribution in [3.63, 3.8) is 0 Å². The molecule has 2 amide bonds. The van der Waals surface area contributed by atoms with Crippen molar-refractivity contribution in [1.29, 1.82) is 0 Å². The van der Waals surface area contributed by atoms with Crippen LogP contribution in [0.5, 0.6) is 0 Å². The lowest BCUT2D eigenvalue weighted by Crippen LogP contribution is -2.47. The highest BCUT2D eigenvalue weighted by molar-refractivity contribution is 5.97. The molecule has 6 nitrogen and oxygen atoms in total. The Morgan fingerprint density at radius 1 is 1.27 bits per heavy atom. The summed E-state index contributed by atoms with van der Waals surface area (Å²) in [6.45, 7) is 2.81. The molecule has 11 heteroatoms. The van der Waals surface area contributed by atoms with Gasteiger partial charge in [-0.25, -0.2) is 13.6 Å². The molecule has 1 aliphatic rings. The molecule has 0 unspecified atom stereocenters. The van der Waals surface area contributed by atoms with Crippen molar-refractivity contribution in [2.24, 2.45) is 5.92 Å². The van der Waals surface area contributed by atoms with Crippen molar-refractivity contribution in [2.45, 2.75) is 45.6 Å². The van der Waals surface area contributed by atoms with Gasteiger partial charge in [-0.2, -0.15) is 18.3 Å². The zero-order valence-electron chi connectivity index (χ0n) is 16.1. The average molecular weight is 430 g/mol. The van der Waals surface area contributed by atoms with Crippen LogP contribution in [0, 0.1) is 17.6 Å². The van der Waals surface area contributed by atoms with Crippen molar-refractivity contribution in [1.82, 2.24) is 14.7 Å². The number of hydrogen-bond acceptors (Lipinski definition) is 3. The highest BCUT2D eigenvalue weighted by atomic mass is 19.4. The summed E-state index contributed by atoms with van der Waals surface area (Å²) < 4.78 is 66.3. The SMILES string of the molecule is C[C@@H]1Cn2ncc(C(=O)C[C@H](C)C(F)(F)F)c2CN1C(=O)Nc1ccc(F)c(F)c1. The number of carbonyl (C=O) groups excluding carboxylic acids is 2. The highest BCUT2D eigenvalue weighted by Gasteiger charge is 2.38. The van der Waals surface area contributed by atoms with Gasteiger partial charge >= 0.3 is 12.2 Å². The highest BCUT2D eigenvalue weighted by Crippen LogP contribution is 2.30. The molecule has 0 bridgehead atoms. The van der Waals surface area contributed by atoms with Crippen LogP contribution in [0.3, 0.4) is 0 Å². The van der Waals surface area contributed by atoms with Gasteiger partial charge in [0.1, 0.15) is 0 Å². The number of aromatic nitrogens is 2. The van der Waals surface area contributed by atoms with Crippen molar-refractivity contribution >= 4 is 17.5 Å². The van der Waals surface area contributed by atoms with E-state index in [9.17, 15) is 31.5 Å². The molecule has 2 atom stereocenters. The third-order valence-corrected chi connectivity index (χ3v) is 5.02. The Kier molecular flexibility index (Phi) is 5.82. The van der Waals surface area contributed by atoms with Gasteiger partial charge in [-0.05, 0) is 19.1 Å². The van der Waals surface area contributed by atoms with E-state index in [0.717, 1.165) is 19.1 Å². The molecule has 1 aromatic heterocycles. The van der Waals surface area contributed by atoms with Crippen LogP contribution in [-0.4, -0.2) is 38.7 Å². The second-order valence-electron chi connectivity index (χ2n) is 7.29. The van der Waals surface area contributed by atoms with Crippen LogP contribution in [0.4, 0.5) is 32.4 Å². The fraction of sp³-hybridized carbons (Fsp3) is 0.421. The smallest absolute Gasteiger partial charge is 0.314 e. The summed E-state index contributed by atoms with van der Waals surface area (Å²) in [7, 11) is 0. The van der Waals surface area contributed by atoms with Crippen molar-refractivity contribution in [2.75, 3.05) is 5.32 Å². The van der Waals surface area contributed by atoms with Crippen molar-refractivity contribution in [3.05, 3.63) is 47.3 Å². The first-order valence-electron chi connectivity index (χ1n) is 9.14. The predicted molar refractivity (Wildman–Crippen MR) is 96.8 cm³/mol. The third-order valence-electron chi connectivity index (χ3n) is 5.02. The zero-order chi connectivity index (χ0) is 22.2.